The third kappa shape index (κ3) is 6.31. The molecule has 1 heterocycles. The Kier molecular flexibility index (Phi) is 6.68. The minimum Gasteiger partial charge on any atom is -0.482 e. The molecule has 158 valence electrons. The number of rotatable bonds is 6. The number of aliphatic hydroxyl groups is 1. The van der Waals surface area contributed by atoms with Gasteiger partial charge < -0.3 is 20.5 Å². The Balaban J connectivity index is 1.95. The van der Waals surface area contributed by atoms with Gasteiger partial charge in [-0.2, -0.15) is 13.2 Å². The van der Waals surface area contributed by atoms with Gasteiger partial charge in [0.1, 0.15) is 11.6 Å². The van der Waals surface area contributed by atoms with E-state index in [1.165, 1.54) is 12.1 Å². The second-order valence-corrected chi connectivity index (χ2v) is 7.13. The summed E-state index contributed by atoms with van der Waals surface area (Å²) in [6.45, 7) is 2.43. The molecule has 2 amide bonds. The van der Waals surface area contributed by atoms with Gasteiger partial charge in [0.2, 0.25) is 5.91 Å². The number of amides is 2. The van der Waals surface area contributed by atoms with Crippen LogP contribution in [0.2, 0.25) is 0 Å². The lowest BCUT2D eigenvalue weighted by molar-refractivity contribution is -0.137. The van der Waals surface area contributed by atoms with Crippen molar-refractivity contribution in [1.29, 1.82) is 0 Å². The molecule has 1 aromatic carbocycles. The van der Waals surface area contributed by atoms with E-state index in [-0.39, 0.29) is 24.5 Å². The Labute approximate surface area is 164 Å². The van der Waals surface area contributed by atoms with Crippen LogP contribution in [0.1, 0.15) is 31.4 Å². The van der Waals surface area contributed by atoms with Crippen LogP contribution in [-0.4, -0.2) is 41.0 Å². The number of benzene rings is 1. The van der Waals surface area contributed by atoms with Crippen LogP contribution < -0.4 is 10.6 Å². The maximum atomic E-state index is 12.6. The van der Waals surface area contributed by atoms with Gasteiger partial charge in [-0.25, -0.2) is 0 Å². The first-order valence-corrected chi connectivity index (χ1v) is 8.70. The Hall–Kier alpha value is -2.88. The molecule has 0 aliphatic carbocycles. The Bertz CT molecular complexity index is 816. The minimum atomic E-state index is -4.46. The Morgan fingerprint density at radius 1 is 1.24 bits per heavy atom. The first-order chi connectivity index (χ1) is 13.4. The van der Waals surface area contributed by atoms with Crippen molar-refractivity contribution in [3.63, 3.8) is 0 Å². The van der Waals surface area contributed by atoms with Crippen LogP contribution >= 0.6 is 0 Å². The van der Waals surface area contributed by atoms with E-state index >= 15 is 0 Å². The van der Waals surface area contributed by atoms with Gasteiger partial charge in [0.15, 0.2) is 11.5 Å². The van der Waals surface area contributed by atoms with E-state index in [4.69, 9.17) is 4.74 Å². The molecule has 3 N–H and O–H groups in total. The number of allylic oxidation sites excluding steroid dienone is 1. The quantitative estimate of drug-likeness (QED) is 0.654. The van der Waals surface area contributed by atoms with Crippen LogP contribution in [-0.2, 0) is 31.8 Å². The zero-order valence-corrected chi connectivity index (χ0v) is 15.8. The molecule has 10 heteroatoms. The topological polar surface area (TPSA) is 105 Å². The van der Waals surface area contributed by atoms with Gasteiger partial charge in [0.25, 0.3) is 5.91 Å². The van der Waals surface area contributed by atoms with Gasteiger partial charge >= 0.3 is 6.18 Å². The predicted molar refractivity (Wildman–Crippen MR) is 95.2 cm³/mol. The number of ether oxygens (including phenoxy) is 1. The standard InChI is InChI=1S/C19H21F3N2O5/c1-18(2)8-13(26)7-15(29-18)17(28)24-14(10-25)16(27)23-9-11-3-5-12(6-4-11)19(20,21)22/h3-7,14,25H,8-10H2,1-2H3,(H,23,27)(H,24,28)/t14-/m0/s1. The average Bonchev–Trinajstić information content (AvgIpc) is 2.61. The van der Waals surface area contributed by atoms with Crippen LogP contribution in [0.5, 0.6) is 0 Å². The number of halogens is 3. The van der Waals surface area contributed by atoms with Crippen molar-refractivity contribution in [1.82, 2.24) is 10.6 Å². The molecular formula is C19H21F3N2O5. The summed E-state index contributed by atoms with van der Waals surface area (Å²) < 4.78 is 43.1. The number of carbonyl (C=O) groups excluding carboxylic acids is 3. The highest BCUT2D eigenvalue weighted by molar-refractivity contribution is 6.03. The molecule has 7 nitrogen and oxygen atoms in total. The van der Waals surface area contributed by atoms with Gasteiger partial charge in [-0.15, -0.1) is 0 Å². The molecule has 0 saturated heterocycles. The number of ketones is 1. The fourth-order valence-electron chi connectivity index (χ4n) is 2.64. The summed E-state index contributed by atoms with van der Waals surface area (Å²) >= 11 is 0. The SMILES string of the molecule is CC1(C)CC(=O)C=C(C(=O)N[C@@H](CO)C(=O)NCc2ccc(C(F)(F)F)cc2)O1. The van der Waals surface area contributed by atoms with Crippen molar-refractivity contribution >= 4 is 17.6 Å². The highest BCUT2D eigenvalue weighted by Crippen LogP contribution is 2.29. The third-order valence-electron chi connectivity index (χ3n) is 4.05. The van der Waals surface area contributed by atoms with Crippen LogP contribution in [0.3, 0.4) is 0 Å². The largest absolute Gasteiger partial charge is 0.482 e. The summed E-state index contributed by atoms with van der Waals surface area (Å²) in [4.78, 5) is 36.1. The monoisotopic (exact) mass is 414 g/mol. The fourth-order valence-corrected chi connectivity index (χ4v) is 2.64. The smallest absolute Gasteiger partial charge is 0.416 e. The molecule has 0 bridgehead atoms. The van der Waals surface area contributed by atoms with E-state index in [9.17, 15) is 32.7 Å². The molecule has 29 heavy (non-hydrogen) atoms. The molecule has 2 rings (SSSR count). The summed E-state index contributed by atoms with van der Waals surface area (Å²) in [6, 6.07) is 2.87. The second-order valence-electron chi connectivity index (χ2n) is 7.13. The average molecular weight is 414 g/mol. The summed E-state index contributed by atoms with van der Waals surface area (Å²) in [7, 11) is 0. The highest BCUT2D eigenvalue weighted by atomic mass is 19.4. The van der Waals surface area contributed by atoms with Crippen LogP contribution in [0.4, 0.5) is 13.2 Å². The molecule has 0 spiro atoms. The van der Waals surface area contributed by atoms with Gasteiger partial charge in [-0.3, -0.25) is 14.4 Å². The van der Waals surface area contributed by atoms with Gasteiger partial charge in [0.05, 0.1) is 12.2 Å². The van der Waals surface area contributed by atoms with Gasteiger partial charge in [0, 0.05) is 19.0 Å². The third-order valence-corrected chi connectivity index (χ3v) is 4.05. The van der Waals surface area contributed by atoms with Crippen molar-refractivity contribution in [2.24, 2.45) is 0 Å². The van der Waals surface area contributed by atoms with Crippen molar-refractivity contribution in [3.05, 3.63) is 47.2 Å². The summed E-state index contributed by atoms with van der Waals surface area (Å²) in [5.41, 5.74) is -1.29. The number of aliphatic hydroxyl groups excluding tert-OH is 1. The lowest BCUT2D eigenvalue weighted by atomic mass is 9.98. The maximum Gasteiger partial charge on any atom is 0.416 e. The molecule has 0 aromatic heterocycles. The Morgan fingerprint density at radius 2 is 1.86 bits per heavy atom. The van der Waals surface area contributed by atoms with Crippen LogP contribution in [0.25, 0.3) is 0 Å². The number of hydrogen-bond donors (Lipinski definition) is 3. The van der Waals surface area contributed by atoms with E-state index in [0.29, 0.717) is 5.56 Å². The summed E-state index contributed by atoms with van der Waals surface area (Å²) in [6.07, 6.45) is -3.34. The molecule has 0 radical (unpaired) electrons. The van der Waals surface area contributed by atoms with E-state index in [1.807, 2.05) is 0 Å². The zero-order valence-electron chi connectivity index (χ0n) is 15.8. The second kappa shape index (κ2) is 8.64. The lowest BCUT2D eigenvalue weighted by Crippen LogP contribution is -2.50. The molecule has 1 aliphatic heterocycles. The van der Waals surface area contributed by atoms with Crippen molar-refractivity contribution in [2.75, 3.05) is 6.61 Å². The number of alkyl halides is 3. The molecular weight excluding hydrogens is 393 g/mol. The van der Waals surface area contributed by atoms with Crippen molar-refractivity contribution < 1.29 is 37.4 Å². The van der Waals surface area contributed by atoms with Crippen molar-refractivity contribution in [2.45, 2.75) is 44.6 Å². The summed E-state index contributed by atoms with van der Waals surface area (Å²) in [5.74, 6) is -2.16. The molecule has 1 atom stereocenters. The Morgan fingerprint density at radius 3 is 2.38 bits per heavy atom. The van der Waals surface area contributed by atoms with E-state index < -0.39 is 41.8 Å². The molecule has 0 unspecified atom stereocenters. The zero-order chi connectivity index (χ0) is 21.8. The van der Waals surface area contributed by atoms with E-state index in [0.717, 1.165) is 18.2 Å². The summed E-state index contributed by atoms with van der Waals surface area (Å²) in [5, 5.41) is 14.1. The first-order valence-electron chi connectivity index (χ1n) is 8.70. The first kappa shape index (κ1) is 22.4. The van der Waals surface area contributed by atoms with Crippen LogP contribution in [0, 0.1) is 0 Å². The molecule has 1 aromatic rings. The van der Waals surface area contributed by atoms with E-state index in [1.54, 1.807) is 13.8 Å². The number of carbonyl (C=O) groups is 3. The van der Waals surface area contributed by atoms with Gasteiger partial charge in [-0.1, -0.05) is 12.1 Å². The maximum absolute atomic E-state index is 12.6. The highest BCUT2D eigenvalue weighted by Gasteiger charge is 2.33. The van der Waals surface area contributed by atoms with Crippen molar-refractivity contribution in [3.8, 4) is 0 Å². The molecule has 0 fully saturated rings. The fraction of sp³-hybridized carbons (Fsp3) is 0.421. The van der Waals surface area contributed by atoms with E-state index in [2.05, 4.69) is 10.6 Å². The predicted octanol–water partition coefficient (Wildman–Crippen LogP) is 1.45. The molecule has 1 aliphatic rings. The minimum absolute atomic E-state index is 0.0980. The lowest BCUT2D eigenvalue weighted by Gasteiger charge is -2.30. The van der Waals surface area contributed by atoms with Crippen LogP contribution in [0.15, 0.2) is 36.1 Å². The van der Waals surface area contributed by atoms with Gasteiger partial charge in [-0.05, 0) is 31.5 Å². The number of nitrogens with one attached hydrogen (secondary N) is 2. The normalized spacial score (nSPS) is 17.0. The number of hydrogen-bond acceptors (Lipinski definition) is 5. The molecule has 0 saturated carbocycles.